The second-order valence-corrected chi connectivity index (χ2v) is 15.7. The van der Waals surface area contributed by atoms with Gasteiger partial charge in [0, 0.05) is 10.8 Å². The van der Waals surface area contributed by atoms with Crippen molar-refractivity contribution in [1.82, 2.24) is 18.7 Å². The van der Waals surface area contributed by atoms with Crippen LogP contribution in [0.25, 0.3) is 93.3 Å². The zero-order valence-corrected chi connectivity index (χ0v) is 33.3. The average molecular weight is 924 g/mol. The molecule has 276 valence electrons. The van der Waals surface area contributed by atoms with Gasteiger partial charge in [-0.15, -0.1) is 0 Å². The zero-order valence-electron chi connectivity index (χ0n) is 31.0. The van der Waals surface area contributed by atoms with Gasteiger partial charge in [0.05, 0.1) is 5.52 Å². The van der Waals surface area contributed by atoms with Crippen molar-refractivity contribution < 1.29 is 24.1 Å². The van der Waals surface area contributed by atoms with E-state index < -0.39 is 0 Å². The molecule has 0 N–H and O–H groups in total. The molecule has 9 aromatic carbocycles. The van der Waals surface area contributed by atoms with Gasteiger partial charge in [0.2, 0.25) is 0 Å². The molecule has 0 bridgehead atoms. The SMILES string of the molecule is [Pt]=[c]1n(-c2ccccc2)c2ccccc2n1-c1cccc(Oc2ccc3c4ccccc4n(-c4nc5ccc6ccccc6c5c5c4ccc4ccccc45)c3c2)c1. The first-order chi connectivity index (χ1) is 28.7. The third kappa shape index (κ3) is 5.00. The van der Waals surface area contributed by atoms with Gasteiger partial charge in [-0.25, -0.2) is 0 Å². The van der Waals surface area contributed by atoms with E-state index in [-0.39, 0.29) is 0 Å². The first-order valence-electron chi connectivity index (χ1n) is 19.4. The van der Waals surface area contributed by atoms with Crippen LogP contribution in [0.3, 0.4) is 0 Å². The van der Waals surface area contributed by atoms with Crippen molar-refractivity contribution in [3.63, 3.8) is 0 Å². The fourth-order valence-corrected chi connectivity index (χ4v) is 10.1. The van der Waals surface area contributed by atoms with Crippen LogP contribution < -0.4 is 4.74 Å². The first kappa shape index (κ1) is 33.1. The number of hydrogen-bond acceptors (Lipinski definition) is 2. The van der Waals surface area contributed by atoms with Gasteiger partial charge in [-0.05, 0) is 33.7 Å². The van der Waals surface area contributed by atoms with Crippen LogP contribution in [-0.2, 0) is 19.4 Å². The van der Waals surface area contributed by atoms with E-state index in [1.807, 2.05) is 6.07 Å². The minimum atomic E-state index is 0.752. The molecule has 3 aromatic heterocycles. The summed E-state index contributed by atoms with van der Waals surface area (Å²) in [4.78, 5) is 5.54. The van der Waals surface area contributed by atoms with E-state index in [0.29, 0.717) is 0 Å². The number of pyridine rings is 1. The van der Waals surface area contributed by atoms with E-state index in [4.69, 9.17) is 9.72 Å². The number of rotatable bonds is 5. The molecule has 0 aliphatic rings. The Morgan fingerprint density at radius 3 is 1.72 bits per heavy atom. The topological polar surface area (TPSA) is 36.9 Å². The molecule has 0 aliphatic heterocycles. The predicted molar refractivity (Wildman–Crippen MR) is 235 cm³/mol. The second kappa shape index (κ2) is 13.0. The molecule has 12 rings (SSSR count). The van der Waals surface area contributed by atoms with E-state index >= 15 is 0 Å². The summed E-state index contributed by atoms with van der Waals surface area (Å²) in [6, 6.07) is 68.6. The van der Waals surface area contributed by atoms with Gasteiger partial charge >= 0.3 is 223 Å². The minimum absolute atomic E-state index is 0.752. The van der Waals surface area contributed by atoms with Crippen LogP contribution in [0.15, 0.2) is 194 Å². The van der Waals surface area contributed by atoms with Gasteiger partial charge in [0.15, 0.2) is 0 Å². The van der Waals surface area contributed by atoms with Crippen molar-refractivity contribution in [3.8, 4) is 28.7 Å². The molecular weight excluding hydrogens is 892 g/mol. The number of aromatic nitrogens is 4. The van der Waals surface area contributed by atoms with Crippen molar-refractivity contribution in [2.24, 2.45) is 0 Å². The Bertz CT molecular complexity index is 3690. The predicted octanol–water partition coefficient (Wildman–Crippen LogP) is 13.4. The van der Waals surface area contributed by atoms with Crippen molar-refractivity contribution >= 4 is 76.1 Å². The van der Waals surface area contributed by atoms with E-state index in [1.165, 1.54) is 37.7 Å². The average Bonchev–Trinajstić information content (AvgIpc) is 3.76. The summed E-state index contributed by atoms with van der Waals surface area (Å²) in [6.45, 7) is 0. The molecule has 3 heterocycles. The number of imidazole rings is 1. The van der Waals surface area contributed by atoms with Crippen molar-refractivity contribution in [1.29, 1.82) is 0 Å². The van der Waals surface area contributed by atoms with Crippen LogP contribution in [0.1, 0.15) is 0 Å². The van der Waals surface area contributed by atoms with E-state index in [0.717, 1.165) is 70.9 Å². The van der Waals surface area contributed by atoms with Gasteiger partial charge in [-0.1, -0.05) is 72.8 Å². The van der Waals surface area contributed by atoms with Crippen LogP contribution in [0.4, 0.5) is 0 Å². The quantitative estimate of drug-likeness (QED) is 0.161. The Hall–Kier alpha value is -7.07. The number of fused-ring (bicyclic) bond motifs is 11. The molecule has 0 aliphatic carbocycles. The third-order valence-corrected chi connectivity index (χ3v) is 12.5. The van der Waals surface area contributed by atoms with Crippen molar-refractivity contribution in [3.05, 3.63) is 198 Å². The zero-order chi connectivity index (χ0) is 38.3. The Morgan fingerprint density at radius 1 is 0.379 bits per heavy atom. The van der Waals surface area contributed by atoms with Gasteiger partial charge in [-0.3, -0.25) is 0 Å². The molecule has 12 aromatic rings. The maximum absolute atomic E-state index is 6.79. The van der Waals surface area contributed by atoms with E-state index in [1.54, 1.807) is 0 Å². The van der Waals surface area contributed by atoms with Crippen molar-refractivity contribution in [2.45, 2.75) is 0 Å². The van der Waals surface area contributed by atoms with E-state index in [2.05, 4.69) is 221 Å². The number of para-hydroxylation sites is 4. The molecular formula is C52H32N4OPt. The molecule has 0 atom stereocenters. The second-order valence-electron chi connectivity index (χ2n) is 14.7. The van der Waals surface area contributed by atoms with Gasteiger partial charge in [0.1, 0.15) is 0 Å². The molecule has 0 saturated heterocycles. The Kier molecular flexibility index (Phi) is 7.41. The van der Waals surface area contributed by atoms with Gasteiger partial charge in [0.25, 0.3) is 0 Å². The Morgan fingerprint density at radius 2 is 0.948 bits per heavy atom. The third-order valence-electron chi connectivity index (χ3n) is 11.4. The Balaban J connectivity index is 1.05. The molecule has 5 nitrogen and oxygen atoms in total. The fourth-order valence-electron chi connectivity index (χ4n) is 8.93. The number of benzene rings is 9. The van der Waals surface area contributed by atoms with Gasteiger partial charge < -0.3 is 0 Å². The maximum atomic E-state index is 6.79. The number of nitrogens with zero attached hydrogens (tertiary/aromatic N) is 4. The molecule has 0 saturated carbocycles. The summed E-state index contributed by atoms with van der Waals surface area (Å²) in [6.07, 6.45) is 0. The summed E-state index contributed by atoms with van der Waals surface area (Å²) < 4.78 is 14.8. The molecule has 0 spiro atoms. The van der Waals surface area contributed by atoms with Crippen LogP contribution in [0, 0.1) is 3.80 Å². The molecule has 0 radical (unpaired) electrons. The number of ether oxygens (including phenoxy) is 1. The summed E-state index contributed by atoms with van der Waals surface area (Å²) in [5.74, 6) is 2.41. The van der Waals surface area contributed by atoms with Gasteiger partial charge in [-0.2, -0.15) is 0 Å². The van der Waals surface area contributed by atoms with E-state index in [9.17, 15) is 0 Å². The summed E-state index contributed by atoms with van der Waals surface area (Å²) in [5, 5.41) is 10.6. The first-order valence-corrected chi connectivity index (χ1v) is 20.5. The van der Waals surface area contributed by atoms with Crippen LogP contribution >= 0.6 is 0 Å². The van der Waals surface area contributed by atoms with Crippen molar-refractivity contribution in [2.75, 3.05) is 0 Å². The summed E-state index contributed by atoms with van der Waals surface area (Å²) in [7, 11) is 0. The normalized spacial score (nSPS) is 11.9. The monoisotopic (exact) mass is 923 g/mol. The Labute approximate surface area is 343 Å². The summed E-state index contributed by atoms with van der Waals surface area (Å²) in [5.41, 5.74) is 7.50. The molecule has 0 unspecified atom stereocenters. The molecule has 58 heavy (non-hydrogen) atoms. The number of hydrogen-bond donors (Lipinski definition) is 0. The van der Waals surface area contributed by atoms with Crippen LogP contribution in [0.2, 0.25) is 0 Å². The standard InChI is InChI=1S/C52H32N4O.Pt/c1-2-15-36(16-3-1)54-33-55(48-24-11-10-23-47(48)54)37-17-12-18-38(31-37)57-39-27-29-43-42-21-8-9-22-46(42)56(49(43)32-39)52-44-28-25-34-13-4-6-19-40(34)50(44)51-41-20-7-5-14-35(41)26-30-45(51)53-52;/h1-32H;. The molecule has 6 heteroatoms. The molecule has 0 amide bonds. The van der Waals surface area contributed by atoms with Crippen LogP contribution in [-0.4, -0.2) is 18.7 Å². The summed E-state index contributed by atoms with van der Waals surface area (Å²) >= 11 is 2.44. The molecule has 0 fully saturated rings. The van der Waals surface area contributed by atoms with Crippen LogP contribution in [0.5, 0.6) is 11.5 Å². The fraction of sp³-hybridized carbons (Fsp3) is 0.